The van der Waals surface area contributed by atoms with Crippen molar-refractivity contribution in [3.8, 4) is 0 Å². The standard InChI is InChI=1S/C25H36O2/c1-16(26)25-11-5-4-6-18(25)15-22-20-8-7-17-14-19(27)9-12-23(17,2)21(20)10-13-24(22,25)3/h4-5,7,18-22,27H,6,8-15H2,1-3H3/t18-,19+,20-,21+,22-,23+,24+,25-/m1/s1. The zero-order valence-corrected chi connectivity index (χ0v) is 17.3. The van der Waals surface area contributed by atoms with Gasteiger partial charge < -0.3 is 5.11 Å². The van der Waals surface area contributed by atoms with Crippen LogP contribution in [0.15, 0.2) is 23.8 Å². The van der Waals surface area contributed by atoms with Gasteiger partial charge >= 0.3 is 0 Å². The summed E-state index contributed by atoms with van der Waals surface area (Å²) in [6.45, 7) is 6.86. The minimum Gasteiger partial charge on any atom is -0.393 e. The maximum absolute atomic E-state index is 13.1. The molecule has 27 heavy (non-hydrogen) atoms. The van der Waals surface area contributed by atoms with Crippen molar-refractivity contribution >= 4 is 5.78 Å². The largest absolute Gasteiger partial charge is 0.393 e. The Bertz CT molecular complexity index is 720. The molecule has 0 bridgehead atoms. The predicted octanol–water partition coefficient (Wildman–Crippen LogP) is 5.46. The lowest BCUT2D eigenvalue weighted by molar-refractivity contribution is -0.144. The highest BCUT2D eigenvalue weighted by Crippen LogP contribution is 2.73. The first-order valence-corrected chi connectivity index (χ1v) is 11.4. The smallest absolute Gasteiger partial charge is 0.137 e. The van der Waals surface area contributed by atoms with E-state index in [2.05, 4.69) is 32.1 Å². The number of carbonyl (C=O) groups excluding carboxylic acids is 1. The number of hydrogen-bond acceptors (Lipinski definition) is 2. The number of ketones is 1. The van der Waals surface area contributed by atoms with E-state index >= 15 is 0 Å². The molecule has 8 atom stereocenters. The van der Waals surface area contributed by atoms with Crippen molar-refractivity contribution in [2.24, 2.45) is 39.9 Å². The Morgan fingerprint density at radius 2 is 1.93 bits per heavy atom. The first kappa shape index (κ1) is 18.2. The number of hydrogen-bond donors (Lipinski definition) is 1. The quantitative estimate of drug-likeness (QED) is 0.624. The lowest BCUT2D eigenvalue weighted by Crippen LogP contribution is -2.54. The van der Waals surface area contributed by atoms with Gasteiger partial charge in [0.1, 0.15) is 5.78 Å². The number of aliphatic hydroxyl groups excluding tert-OH is 1. The van der Waals surface area contributed by atoms with Crippen molar-refractivity contribution in [3.05, 3.63) is 23.8 Å². The van der Waals surface area contributed by atoms with Crippen LogP contribution in [0.25, 0.3) is 0 Å². The molecule has 2 heteroatoms. The fourth-order valence-electron chi connectivity index (χ4n) is 8.98. The summed E-state index contributed by atoms with van der Waals surface area (Å²) in [5, 5.41) is 10.2. The van der Waals surface area contributed by atoms with Gasteiger partial charge in [0.25, 0.3) is 0 Å². The Morgan fingerprint density at radius 1 is 1.11 bits per heavy atom. The number of rotatable bonds is 1. The molecule has 0 amide bonds. The maximum atomic E-state index is 13.1. The van der Waals surface area contributed by atoms with Gasteiger partial charge in [0, 0.05) is 5.41 Å². The Balaban J connectivity index is 1.54. The predicted molar refractivity (Wildman–Crippen MR) is 108 cm³/mol. The molecule has 0 saturated heterocycles. The van der Waals surface area contributed by atoms with Crippen LogP contribution in [-0.2, 0) is 4.79 Å². The zero-order valence-electron chi connectivity index (χ0n) is 17.3. The van der Waals surface area contributed by atoms with Crippen molar-refractivity contribution in [3.63, 3.8) is 0 Å². The number of carbonyl (C=O) groups is 1. The van der Waals surface area contributed by atoms with E-state index in [9.17, 15) is 9.90 Å². The molecular formula is C25H36O2. The highest BCUT2D eigenvalue weighted by molar-refractivity contribution is 5.85. The van der Waals surface area contributed by atoms with Gasteiger partial charge in [0.15, 0.2) is 0 Å². The van der Waals surface area contributed by atoms with Crippen LogP contribution in [0.2, 0.25) is 0 Å². The van der Waals surface area contributed by atoms with Crippen LogP contribution in [0.3, 0.4) is 0 Å². The van der Waals surface area contributed by atoms with E-state index in [-0.39, 0.29) is 16.9 Å². The molecule has 5 aliphatic rings. The van der Waals surface area contributed by atoms with Crippen LogP contribution in [-0.4, -0.2) is 17.0 Å². The molecule has 0 radical (unpaired) electrons. The number of Topliss-reactive ketones (excluding diaryl/α,β-unsaturated/α-hetero) is 1. The Kier molecular flexibility index (Phi) is 3.91. The summed E-state index contributed by atoms with van der Waals surface area (Å²) in [5.41, 5.74) is 1.90. The molecule has 0 heterocycles. The van der Waals surface area contributed by atoms with E-state index < -0.39 is 0 Å². The van der Waals surface area contributed by atoms with Gasteiger partial charge in [-0.1, -0.05) is 37.6 Å². The molecule has 148 valence electrons. The summed E-state index contributed by atoms with van der Waals surface area (Å²) in [5.74, 6) is 3.18. The first-order valence-electron chi connectivity index (χ1n) is 11.4. The maximum Gasteiger partial charge on any atom is 0.137 e. The monoisotopic (exact) mass is 368 g/mol. The van der Waals surface area contributed by atoms with E-state index in [1.807, 2.05) is 6.92 Å². The topological polar surface area (TPSA) is 37.3 Å². The van der Waals surface area contributed by atoms with Crippen molar-refractivity contribution in [1.29, 1.82) is 0 Å². The lowest BCUT2D eigenvalue weighted by Gasteiger charge is -2.60. The molecule has 2 nitrogen and oxygen atoms in total. The van der Waals surface area contributed by atoms with E-state index in [4.69, 9.17) is 0 Å². The molecular weight excluding hydrogens is 332 g/mol. The van der Waals surface area contributed by atoms with Gasteiger partial charge in [-0.05, 0) is 99.2 Å². The first-order chi connectivity index (χ1) is 12.8. The lowest BCUT2D eigenvalue weighted by atomic mass is 9.44. The van der Waals surface area contributed by atoms with Crippen LogP contribution < -0.4 is 0 Å². The molecule has 0 aliphatic heterocycles. The number of fused-ring (bicyclic) bond motifs is 7. The molecule has 0 aromatic carbocycles. The molecule has 5 rings (SSSR count). The fraction of sp³-hybridized carbons (Fsp3) is 0.800. The molecule has 3 fully saturated rings. The second-order valence-corrected chi connectivity index (χ2v) is 11.0. The highest BCUT2D eigenvalue weighted by Gasteiger charge is 2.68. The normalized spacial score (nSPS) is 53.6. The Morgan fingerprint density at radius 3 is 2.70 bits per heavy atom. The van der Waals surface area contributed by atoms with Crippen molar-refractivity contribution < 1.29 is 9.90 Å². The molecule has 0 aromatic heterocycles. The van der Waals surface area contributed by atoms with Crippen molar-refractivity contribution in [2.45, 2.75) is 84.7 Å². The molecule has 0 spiro atoms. The van der Waals surface area contributed by atoms with Crippen LogP contribution in [0.1, 0.15) is 78.6 Å². The summed E-state index contributed by atoms with van der Waals surface area (Å²) < 4.78 is 0. The summed E-state index contributed by atoms with van der Waals surface area (Å²) in [6.07, 6.45) is 17.0. The van der Waals surface area contributed by atoms with Crippen molar-refractivity contribution in [1.82, 2.24) is 0 Å². The van der Waals surface area contributed by atoms with Gasteiger partial charge in [0.05, 0.1) is 6.10 Å². The van der Waals surface area contributed by atoms with E-state index in [1.165, 1.54) is 25.7 Å². The zero-order chi connectivity index (χ0) is 19.0. The molecule has 3 saturated carbocycles. The Hall–Kier alpha value is -0.890. The SMILES string of the molecule is CC(=O)[C@]12CC=CC[C@@H]1C[C@@H]1[C@@H]3CC=C4C[C@@H](O)CC[C@]4(C)[C@H]3CC[C@@]12C. The van der Waals surface area contributed by atoms with E-state index in [1.54, 1.807) is 5.57 Å². The third-order valence-electron chi connectivity index (χ3n) is 10.4. The van der Waals surface area contributed by atoms with Crippen LogP contribution in [0.5, 0.6) is 0 Å². The summed E-state index contributed by atoms with van der Waals surface area (Å²) in [7, 11) is 0. The van der Waals surface area contributed by atoms with Gasteiger partial charge in [-0.3, -0.25) is 4.79 Å². The van der Waals surface area contributed by atoms with E-state index in [0.29, 0.717) is 23.0 Å². The van der Waals surface area contributed by atoms with E-state index in [0.717, 1.165) is 43.9 Å². The minimum atomic E-state index is -0.129. The molecule has 0 aromatic rings. The summed E-state index contributed by atoms with van der Waals surface area (Å²) >= 11 is 0. The number of aliphatic hydroxyl groups is 1. The minimum absolute atomic E-state index is 0.106. The van der Waals surface area contributed by atoms with Crippen molar-refractivity contribution in [2.75, 3.05) is 0 Å². The Labute approximate surface area is 164 Å². The number of allylic oxidation sites excluding steroid dienone is 3. The third-order valence-corrected chi connectivity index (χ3v) is 10.4. The molecule has 0 unspecified atom stereocenters. The third kappa shape index (κ3) is 2.14. The summed E-state index contributed by atoms with van der Waals surface area (Å²) in [6, 6.07) is 0. The van der Waals surface area contributed by atoms with Gasteiger partial charge in [-0.25, -0.2) is 0 Å². The molecule has 1 N–H and O–H groups in total. The molecule has 5 aliphatic carbocycles. The van der Waals surface area contributed by atoms with Gasteiger partial charge in [0.2, 0.25) is 0 Å². The van der Waals surface area contributed by atoms with Crippen LogP contribution >= 0.6 is 0 Å². The van der Waals surface area contributed by atoms with Crippen LogP contribution in [0.4, 0.5) is 0 Å². The van der Waals surface area contributed by atoms with Gasteiger partial charge in [-0.2, -0.15) is 0 Å². The average molecular weight is 369 g/mol. The fourth-order valence-corrected chi connectivity index (χ4v) is 8.98. The average Bonchev–Trinajstić information content (AvgIpc) is 2.92. The summed E-state index contributed by atoms with van der Waals surface area (Å²) in [4.78, 5) is 13.1. The second-order valence-electron chi connectivity index (χ2n) is 11.0. The second kappa shape index (κ2) is 5.81. The van der Waals surface area contributed by atoms with Crippen LogP contribution in [0, 0.1) is 39.9 Å². The van der Waals surface area contributed by atoms with Gasteiger partial charge in [-0.15, -0.1) is 0 Å². The highest BCUT2D eigenvalue weighted by atomic mass is 16.3.